The van der Waals surface area contributed by atoms with Gasteiger partial charge in [0, 0.05) is 12.7 Å². The molecule has 0 N–H and O–H groups in total. The molecule has 1 heterocycles. The second-order valence-corrected chi connectivity index (χ2v) is 9.68. The minimum atomic E-state index is -3.25. The monoisotopic (exact) mass is 316 g/mol. The molecule has 0 saturated carbocycles. The zero-order valence-electron chi connectivity index (χ0n) is 12.5. The second-order valence-electron chi connectivity index (χ2n) is 6.64. The highest BCUT2D eigenvalue weighted by Gasteiger charge is 2.39. The maximum absolute atomic E-state index is 11.9. The van der Waals surface area contributed by atoms with Crippen molar-refractivity contribution < 1.29 is 13.2 Å². The van der Waals surface area contributed by atoms with Gasteiger partial charge >= 0.3 is 0 Å². The zero-order valence-corrected chi connectivity index (χ0v) is 14.1. The van der Waals surface area contributed by atoms with E-state index in [4.69, 9.17) is 16.3 Å². The number of ether oxygens (including phenoxy) is 1. The Morgan fingerprint density at radius 3 is 2.50 bits per heavy atom. The van der Waals surface area contributed by atoms with Crippen molar-refractivity contribution in [3.63, 3.8) is 0 Å². The van der Waals surface area contributed by atoms with E-state index in [9.17, 15) is 8.42 Å². The van der Waals surface area contributed by atoms with Gasteiger partial charge in [0.25, 0.3) is 0 Å². The first kappa shape index (κ1) is 15.6. The van der Waals surface area contributed by atoms with Crippen LogP contribution in [0.4, 0.5) is 0 Å². The Labute approximate surface area is 126 Å². The first-order chi connectivity index (χ1) is 8.94. The lowest BCUT2D eigenvalue weighted by Gasteiger charge is -2.28. The van der Waals surface area contributed by atoms with E-state index in [1.54, 1.807) is 13.8 Å². The van der Waals surface area contributed by atoms with E-state index in [0.29, 0.717) is 0 Å². The van der Waals surface area contributed by atoms with E-state index < -0.39 is 20.0 Å². The normalized spacial score (nSPS) is 19.3. The summed E-state index contributed by atoms with van der Waals surface area (Å²) < 4.78 is 28.6. The fourth-order valence-corrected chi connectivity index (χ4v) is 3.51. The number of hydrogen-bond acceptors (Lipinski definition) is 3. The van der Waals surface area contributed by atoms with Gasteiger partial charge in [-0.2, -0.15) is 0 Å². The molecule has 0 spiro atoms. The van der Waals surface area contributed by atoms with E-state index >= 15 is 0 Å². The van der Waals surface area contributed by atoms with Crippen LogP contribution >= 0.6 is 11.6 Å². The number of alkyl halides is 1. The molecule has 2 rings (SSSR count). The van der Waals surface area contributed by atoms with Crippen molar-refractivity contribution in [1.29, 1.82) is 0 Å². The lowest BCUT2D eigenvalue weighted by atomic mass is 9.96. The Kier molecular flexibility index (Phi) is 3.63. The van der Waals surface area contributed by atoms with Crippen molar-refractivity contribution in [3.8, 4) is 5.75 Å². The third-order valence-corrected chi connectivity index (χ3v) is 7.02. The number of benzene rings is 1. The molecule has 1 unspecified atom stereocenters. The van der Waals surface area contributed by atoms with Crippen LogP contribution in [0.2, 0.25) is 0 Å². The van der Waals surface area contributed by atoms with Gasteiger partial charge in [-0.1, -0.05) is 12.1 Å². The van der Waals surface area contributed by atoms with Gasteiger partial charge in [-0.3, -0.25) is 0 Å². The van der Waals surface area contributed by atoms with Gasteiger partial charge in [-0.05, 0) is 44.9 Å². The minimum absolute atomic E-state index is 0.213. The average molecular weight is 317 g/mol. The lowest BCUT2D eigenvalue weighted by Crippen LogP contribution is -2.35. The lowest BCUT2D eigenvalue weighted by molar-refractivity contribution is 0.138. The van der Waals surface area contributed by atoms with Crippen LogP contribution in [0.5, 0.6) is 5.75 Å². The Morgan fingerprint density at radius 1 is 1.35 bits per heavy atom. The van der Waals surface area contributed by atoms with E-state index in [2.05, 4.69) is 0 Å². The molecule has 1 aromatic rings. The van der Waals surface area contributed by atoms with Crippen LogP contribution in [0.15, 0.2) is 18.2 Å². The molecule has 0 radical (unpaired) electrons. The highest BCUT2D eigenvalue weighted by Crippen LogP contribution is 2.41. The van der Waals surface area contributed by atoms with Crippen molar-refractivity contribution in [3.05, 3.63) is 29.3 Å². The number of sulfone groups is 1. The van der Waals surface area contributed by atoms with E-state index in [-0.39, 0.29) is 5.60 Å². The van der Waals surface area contributed by atoms with Crippen LogP contribution in [-0.2, 0) is 16.3 Å². The van der Waals surface area contributed by atoms with Crippen molar-refractivity contribution in [2.45, 2.75) is 49.8 Å². The molecule has 1 aliphatic heterocycles. The molecule has 0 bridgehead atoms. The van der Waals surface area contributed by atoms with Crippen molar-refractivity contribution in [1.82, 2.24) is 0 Å². The van der Waals surface area contributed by atoms with Gasteiger partial charge in [-0.25, -0.2) is 8.42 Å². The van der Waals surface area contributed by atoms with E-state index in [1.807, 2.05) is 32.0 Å². The zero-order chi connectivity index (χ0) is 15.3. The predicted molar refractivity (Wildman–Crippen MR) is 82.4 cm³/mol. The highest BCUT2D eigenvalue weighted by atomic mass is 35.5. The van der Waals surface area contributed by atoms with Crippen LogP contribution in [0, 0.1) is 0 Å². The molecule has 112 valence electrons. The molecule has 1 aliphatic rings. The number of hydrogen-bond donors (Lipinski definition) is 0. The summed E-state index contributed by atoms with van der Waals surface area (Å²) in [5, 5.41) is -0.591. The second kappa shape index (κ2) is 4.63. The van der Waals surface area contributed by atoms with Gasteiger partial charge in [-0.15, -0.1) is 11.6 Å². The maximum Gasteiger partial charge on any atom is 0.154 e. The summed E-state index contributed by atoms with van der Waals surface area (Å²) in [6, 6.07) is 5.70. The molecule has 0 fully saturated rings. The third-order valence-electron chi connectivity index (χ3n) is 3.95. The average Bonchev–Trinajstić information content (AvgIpc) is 2.58. The van der Waals surface area contributed by atoms with Crippen LogP contribution in [0.25, 0.3) is 0 Å². The molecular weight excluding hydrogens is 296 g/mol. The van der Waals surface area contributed by atoms with E-state index in [0.717, 1.165) is 23.3 Å². The van der Waals surface area contributed by atoms with Gasteiger partial charge in [0.15, 0.2) is 9.84 Å². The predicted octanol–water partition coefficient (Wildman–Crippen LogP) is 3.50. The van der Waals surface area contributed by atoms with Crippen molar-refractivity contribution >= 4 is 21.4 Å². The van der Waals surface area contributed by atoms with Gasteiger partial charge in [0.05, 0.1) is 10.1 Å². The standard InChI is InChI=1S/C15H21ClO3S/c1-14(2)9-11-8-10(6-7-12(11)19-14)13(16)15(3,4)20(5,17)18/h6-8,13H,9H2,1-5H3. The van der Waals surface area contributed by atoms with Crippen LogP contribution in [-0.4, -0.2) is 25.0 Å². The third kappa shape index (κ3) is 2.68. The van der Waals surface area contributed by atoms with Crippen molar-refractivity contribution in [2.75, 3.05) is 6.26 Å². The molecule has 3 nitrogen and oxygen atoms in total. The van der Waals surface area contributed by atoms with Crippen LogP contribution in [0.3, 0.4) is 0 Å². The summed E-state index contributed by atoms with van der Waals surface area (Å²) in [5.41, 5.74) is 1.69. The molecule has 0 aromatic heterocycles. The van der Waals surface area contributed by atoms with Gasteiger partial charge < -0.3 is 4.74 Å². The fraction of sp³-hybridized carbons (Fsp3) is 0.600. The van der Waals surface area contributed by atoms with Crippen molar-refractivity contribution in [2.24, 2.45) is 0 Å². The highest BCUT2D eigenvalue weighted by molar-refractivity contribution is 7.92. The molecule has 20 heavy (non-hydrogen) atoms. The SMILES string of the molecule is CC1(C)Cc2cc(C(Cl)C(C)(C)S(C)(=O)=O)ccc2O1. The van der Waals surface area contributed by atoms with Gasteiger partial charge in [0.1, 0.15) is 11.4 Å². The van der Waals surface area contributed by atoms with Crippen LogP contribution in [0.1, 0.15) is 44.2 Å². The summed E-state index contributed by atoms with van der Waals surface area (Å²) in [5.74, 6) is 0.861. The molecule has 1 atom stereocenters. The summed E-state index contributed by atoms with van der Waals surface area (Å²) >= 11 is 6.44. The number of halogens is 1. The summed E-state index contributed by atoms with van der Waals surface area (Å²) in [4.78, 5) is 0. The summed E-state index contributed by atoms with van der Waals surface area (Å²) in [6.45, 7) is 7.39. The quantitative estimate of drug-likeness (QED) is 0.802. The molecular formula is C15H21ClO3S. The Hall–Kier alpha value is -0.740. The molecule has 0 amide bonds. The summed E-state index contributed by atoms with van der Waals surface area (Å²) in [6.07, 6.45) is 2.03. The topological polar surface area (TPSA) is 43.4 Å². The van der Waals surface area contributed by atoms with E-state index in [1.165, 1.54) is 6.26 Å². The molecule has 1 aromatic carbocycles. The molecule has 5 heteroatoms. The Bertz CT molecular complexity index is 633. The first-order valence-corrected chi connectivity index (χ1v) is 8.92. The largest absolute Gasteiger partial charge is 0.487 e. The maximum atomic E-state index is 11.9. The number of fused-ring (bicyclic) bond motifs is 1. The minimum Gasteiger partial charge on any atom is -0.487 e. The van der Waals surface area contributed by atoms with Gasteiger partial charge in [0.2, 0.25) is 0 Å². The van der Waals surface area contributed by atoms with Crippen LogP contribution < -0.4 is 4.74 Å². The Morgan fingerprint density at radius 2 is 1.95 bits per heavy atom. The Balaban J connectivity index is 2.38. The summed E-state index contributed by atoms with van der Waals surface area (Å²) in [7, 11) is -3.25. The number of rotatable bonds is 3. The first-order valence-electron chi connectivity index (χ1n) is 6.59. The fourth-order valence-electron chi connectivity index (χ4n) is 2.38. The smallest absolute Gasteiger partial charge is 0.154 e. The molecule has 0 aliphatic carbocycles. The molecule has 0 saturated heterocycles.